The average Bonchev–Trinajstić information content (AvgIpc) is 2.99. The number of rotatable bonds is 11. The molecule has 0 aliphatic heterocycles. The van der Waals surface area contributed by atoms with E-state index in [1.807, 2.05) is 82.3 Å². The largest absolute Gasteiger partial charge is 0.350 e. The second-order valence-corrected chi connectivity index (χ2v) is 14.4. The highest BCUT2D eigenvalue weighted by atomic mass is 35.5. The van der Waals surface area contributed by atoms with Crippen LogP contribution in [0.15, 0.2) is 108 Å². The van der Waals surface area contributed by atoms with Crippen LogP contribution in [-0.2, 0) is 32.6 Å². The zero-order valence-corrected chi connectivity index (χ0v) is 27.9. The summed E-state index contributed by atoms with van der Waals surface area (Å²) >= 11 is 6.45. The molecule has 9 heteroatoms. The molecule has 0 unspecified atom stereocenters. The molecule has 7 nitrogen and oxygen atoms in total. The number of carbonyl (C=O) groups is 2. The number of nitrogens with one attached hydrogen (secondary N) is 1. The second kappa shape index (κ2) is 14.3. The van der Waals surface area contributed by atoms with E-state index >= 15 is 0 Å². The normalized spacial score (nSPS) is 12.3. The molecule has 45 heavy (non-hydrogen) atoms. The third-order valence-electron chi connectivity index (χ3n) is 7.32. The quantitative estimate of drug-likeness (QED) is 0.197. The molecule has 0 aromatic heterocycles. The molecule has 2 amide bonds. The fourth-order valence-electron chi connectivity index (χ4n) is 5.11. The van der Waals surface area contributed by atoms with Gasteiger partial charge in [0.1, 0.15) is 12.6 Å². The summed E-state index contributed by atoms with van der Waals surface area (Å²) in [5.41, 5.74) is 2.93. The predicted molar refractivity (Wildman–Crippen MR) is 181 cm³/mol. The number of amides is 2. The summed E-state index contributed by atoms with van der Waals surface area (Å²) < 4.78 is 29.4. The number of hydrogen-bond donors (Lipinski definition) is 1. The summed E-state index contributed by atoms with van der Waals surface area (Å²) in [6.45, 7) is 8.88. The first-order valence-electron chi connectivity index (χ1n) is 14.8. The van der Waals surface area contributed by atoms with Gasteiger partial charge in [0.15, 0.2) is 0 Å². The van der Waals surface area contributed by atoms with E-state index in [4.69, 9.17) is 11.6 Å². The lowest BCUT2D eigenvalue weighted by Crippen LogP contribution is -2.56. The van der Waals surface area contributed by atoms with Gasteiger partial charge in [-0.05, 0) is 75.6 Å². The van der Waals surface area contributed by atoms with Gasteiger partial charge in [-0.3, -0.25) is 13.9 Å². The lowest BCUT2D eigenvalue weighted by molar-refractivity contribution is -0.140. The maximum absolute atomic E-state index is 14.6. The molecule has 0 radical (unpaired) electrons. The lowest BCUT2D eigenvalue weighted by atomic mass is 10.0. The fraction of sp³-hybridized carbons (Fsp3) is 0.278. The van der Waals surface area contributed by atoms with Crippen molar-refractivity contribution < 1.29 is 18.0 Å². The van der Waals surface area contributed by atoms with Crippen LogP contribution in [0.1, 0.15) is 43.0 Å². The predicted octanol–water partition coefficient (Wildman–Crippen LogP) is 6.71. The highest BCUT2D eigenvalue weighted by Crippen LogP contribution is 2.31. The Kier molecular flexibility index (Phi) is 10.7. The minimum absolute atomic E-state index is 0.0359. The lowest BCUT2D eigenvalue weighted by Gasteiger charge is -2.35. The molecule has 236 valence electrons. The molecule has 0 bridgehead atoms. The molecular formula is C36H40ClN3O4S. The zero-order chi connectivity index (χ0) is 32.8. The van der Waals surface area contributed by atoms with E-state index in [1.165, 1.54) is 17.0 Å². The first-order valence-corrected chi connectivity index (χ1v) is 16.6. The zero-order valence-electron chi connectivity index (χ0n) is 26.3. The van der Waals surface area contributed by atoms with Gasteiger partial charge in [-0.2, -0.15) is 0 Å². The number of carbonyl (C=O) groups excluding carboxylic acids is 2. The van der Waals surface area contributed by atoms with E-state index in [0.29, 0.717) is 10.6 Å². The highest BCUT2D eigenvalue weighted by molar-refractivity contribution is 7.92. The monoisotopic (exact) mass is 645 g/mol. The van der Waals surface area contributed by atoms with Gasteiger partial charge in [0.25, 0.3) is 10.0 Å². The van der Waals surface area contributed by atoms with Gasteiger partial charge in [-0.15, -0.1) is 0 Å². The summed E-state index contributed by atoms with van der Waals surface area (Å²) in [5.74, 6) is -0.857. The Hall–Kier alpha value is -4.14. The van der Waals surface area contributed by atoms with E-state index in [2.05, 4.69) is 5.32 Å². The van der Waals surface area contributed by atoms with E-state index in [-0.39, 0.29) is 29.5 Å². The van der Waals surface area contributed by atoms with Crippen LogP contribution in [0, 0.1) is 13.8 Å². The van der Waals surface area contributed by atoms with E-state index in [1.54, 1.807) is 43.3 Å². The molecule has 0 heterocycles. The number of anilines is 1. The van der Waals surface area contributed by atoms with Crippen molar-refractivity contribution in [1.29, 1.82) is 0 Å². The summed E-state index contributed by atoms with van der Waals surface area (Å²) in [6, 6.07) is 29.2. The van der Waals surface area contributed by atoms with Crippen molar-refractivity contribution in [1.82, 2.24) is 10.2 Å². The first kappa shape index (κ1) is 33.7. The molecular weight excluding hydrogens is 606 g/mol. The van der Waals surface area contributed by atoms with Crippen LogP contribution in [-0.4, -0.2) is 43.3 Å². The second-order valence-electron chi connectivity index (χ2n) is 12.2. The van der Waals surface area contributed by atoms with Crippen LogP contribution in [0.5, 0.6) is 0 Å². The third-order valence-corrected chi connectivity index (χ3v) is 9.51. The van der Waals surface area contributed by atoms with Crippen molar-refractivity contribution in [2.45, 2.75) is 64.1 Å². The van der Waals surface area contributed by atoms with Crippen molar-refractivity contribution in [3.63, 3.8) is 0 Å². The van der Waals surface area contributed by atoms with E-state index in [9.17, 15) is 18.0 Å². The summed E-state index contributed by atoms with van der Waals surface area (Å²) in [5, 5.41) is 3.42. The number of benzene rings is 4. The van der Waals surface area contributed by atoms with Crippen molar-refractivity contribution >= 4 is 39.1 Å². The van der Waals surface area contributed by atoms with Crippen molar-refractivity contribution in [2.75, 3.05) is 10.8 Å². The molecule has 4 aromatic carbocycles. The standard InChI is InChI=1S/C36H40ClN3O4S/c1-26-14-12-17-29(22-26)24-39(33(35(42)38-36(3,4)5)23-28-15-8-6-9-16-28)34(41)25-40(32-21-13-20-31(37)27(32)2)45(43,44)30-18-10-7-11-19-30/h6-22,33H,23-25H2,1-5H3,(H,38,42)/t33-/m1/s1. The molecule has 0 aliphatic rings. The van der Waals surface area contributed by atoms with Gasteiger partial charge in [0.2, 0.25) is 11.8 Å². The molecule has 1 atom stereocenters. The SMILES string of the molecule is Cc1cccc(CN(C(=O)CN(c2cccc(Cl)c2C)S(=O)(=O)c2ccccc2)[C@H](Cc2ccccc2)C(=O)NC(C)(C)C)c1. The van der Waals surface area contributed by atoms with Crippen molar-refractivity contribution in [3.05, 3.63) is 130 Å². The van der Waals surface area contributed by atoms with Gasteiger partial charge in [0.05, 0.1) is 10.6 Å². The highest BCUT2D eigenvalue weighted by Gasteiger charge is 2.36. The smallest absolute Gasteiger partial charge is 0.264 e. The maximum Gasteiger partial charge on any atom is 0.264 e. The molecule has 0 aliphatic carbocycles. The minimum Gasteiger partial charge on any atom is -0.350 e. The molecule has 0 fully saturated rings. The van der Waals surface area contributed by atoms with Crippen molar-refractivity contribution in [2.24, 2.45) is 0 Å². The van der Waals surface area contributed by atoms with Crippen LogP contribution in [0.25, 0.3) is 0 Å². The number of nitrogens with zero attached hydrogens (tertiary/aromatic N) is 2. The number of aryl methyl sites for hydroxylation is 1. The number of hydrogen-bond acceptors (Lipinski definition) is 4. The van der Waals surface area contributed by atoms with Gasteiger partial charge in [-0.25, -0.2) is 8.42 Å². The average molecular weight is 646 g/mol. The van der Waals surface area contributed by atoms with E-state index < -0.39 is 34.1 Å². The van der Waals surface area contributed by atoms with Crippen LogP contribution >= 0.6 is 11.6 Å². The van der Waals surface area contributed by atoms with Gasteiger partial charge >= 0.3 is 0 Å². The molecule has 1 N–H and O–H groups in total. The van der Waals surface area contributed by atoms with Gasteiger partial charge in [0, 0.05) is 23.5 Å². The Bertz CT molecular complexity index is 1740. The Morgan fingerprint density at radius 2 is 1.42 bits per heavy atom. The molecule has 4 rings (SSSR count). The van der Waals surface area contributed by atoms with Crippen LogP contribution < -0.4 is 9.62 Å². The van der Waals surface area contributed by atoms with Gasteiger partial charge in [-0.1, -0.05) is 96.0 Å². The molecule has 0 saturated carbocycles. The number of halogens is 1. The Morgan fingerprint density at radius 3 is 2.04 bits per heavy atom. The summed E-state index contributed by atoms with van der Waals surface area (Å²) in [4.78, 5) is 30.1. The Morgan fingerprint density at radius 1 is 0.822 bits per heavy atom. The maximum atomic E-state index is 14.6. The first-order chi connectivity index (χ1) is 21.3. The van der Waals surface area contributed by atoms with Crippen LogP contribution in [0.4, 0.5) is 5.69 Å². The Balaban J connectivity index is 1.84. The molecule has 0 saturated heterocycles. The van der Waals surface area contributed by atoms with Gasteiger partial charge < -0.3 is 10.2 Å². The Labute approximate surface area is 271 Å². The van der Waals surface area contributed by atoms with Crippen LogP contribution in [0.3, 0.4) is 0 Å². The van der Waals surface area contributed by atoms with Crippen LogP contribution in [0.2, 0.25) is 5.02 Å². The topological polar surface area (TPSA) is 86.8 Å². The molecule has 0 spiro atoms. The molecule has 4 aromatic rings. The summed E-state index contributed by atoms with van der Waals surface area (Å²) in [7, 11) is -4.21. The summed E-state index contributed by atoms with van der Waals surface area (Å²) in [6.07, 6.45) is 0.238. The fourth-order valence-corrected chi connectivity index (χ4v) is 6.78. The third kappa shape index (κ3) is 8.74. The number of sulfonamides is 1. The van der Waals surface area contributed by atoms with E-state index in [0.717, 1.165) is 21.0 Å². The van der Waals surface area contributed by atoms with Crippen molar-refractivity contribution in [3.8, 4) is 0 Å². The minimum atomic E-state index is -4.21.